The molecule has 3 aromatic rings. The predicted octanol–water partition coefficient (Wildman–Crippen LogP) is 3.94. The van der Waals surface area contributed by atoms with Crippen molar-refractivity contribution in [3.63, 3.8) is 0 Å². The second kappa shape index (κ2) is 4.81. The first-order chi connectivity index (χ1) is 10.3. The van der Waals surface area contributed by atoms with E-state index in [9.17, 15) is 0 Å². The van der Waals surface area contributed by atoms with Gasteiger partial charge in [-0.05, 0) is 31.2 Å². The highest BCUT2D eigenvalue weighted by Crippen LogP contribution is 2.33. The number of hydrogen-bond acceptors (Lipinski definition) is 4. The van der Waals surface area contributed by atoms with Gasteiger partial charge in [-0.25, -0.2) is 4.98 Å². The van der Waals surface area contributed by atoms with E-state index in [1.165, 1.54) is 5.56 Å². The maximum absolute atomic E-state index is 5.82. The highest BCUT2D eigenvalue weighted by Gasteiger charge is 2.19. The minimum absolute atomic E-state index is 0.00417. The zero-order chi connectivity index (χ0) is 14.2. The summed E-state index contributed by atoms with van der Waals surface area (Å²) in [7, 11) is 0. The van der Waals surface area contributed by atoms with Crippen LogP contribution < -0.4 is 10.1 Å². The highest BCUT2D eigenvalue weighted by atomic mass is 16.5. The molecule has 0 aliphatic carbocycles. The Morgan fingerprint density at radius 1 is 1.14 bits per heavy atom. The molecule has 1 unspecified atom stereocenters. The molecule has 4 rings (SSSR count). The van der Waals surface area contributed by atoms with Crippen LogP contribution in [0.1, 0.15) is 24.4 Å². The zero-order valence-electron chi connectivity index (χ0n) is 11.8. The Labute approximate surface area is 122 Å². The molecule has 0 bridgehead atoms. The summed E-state index contributed by atoms with van der Waals surface area (Å²) in [6.07, 6.45) is 0.943. The van der Waals surface area contributed by atoms with Gasteiger partial charge < -0.3 is 14.5 Å². The molecule has 0 radical (unpaired) electrons. The quantitative estimate of drug-likeness (QED) is 0.789. The molecule has 0 saturated carbocycles. The third-order valence-electron chi connectivity index (χ3n) is 3.80. The number of rotatable bonds is 3. The van der Waals surface area contributed by atoms with Crippen LogP contribution in [0.2, 0.25) is 0 Å². The lowest BCUT2D eigenvalue weighted by Gasteiger charge is -2.14. The lowest BCUT2D eigenvalue weighted by Crippen LogP contribution is -2.08. The molecule has 106 valence electrons. The van der Waals surface area contributed by atoms with Gasteiger partial charge in [0.1, 0.15) is 17.3 Å². The van der Waals surface area contributed by atoms with Gasteiger partial charge in [-0.1, -0.05) is 18.2 Å². The fourth-order valence-electron chi connectivity index (χ4n) is 2.73. The van der Waals surface area contributed by atoms with E-state index >= 15 is 0 Å². The van der Waals surface area contributed by atoms with Crippen molar-refractivity contribution in [3.8, 4) is 5.75 Å². The average Bonchev–Trinajstić information content (AvgIpc) is 3.14. The van der Waals surface area contributed by atoms with Crippen LogP contribution in [0.25, 0.3) is 11.1 Å². The van der Waals surface area contributed by atoms with Gasteiger partial charge in [0, 0.05) is 17.7 Å². The summed E-state index contributed by atoms with van der Waals surface area (Å²) >= 11 is 0. The van der Waals surface area contributed by atoms with Gasteiger partial charge in [0.15, 0.2) is 5.58 Å². The Kier molecular flexibility index (Phi) is 2.81. The number of oxazole rings is 1. The standard InChI is InChI=1S/C17H16N2O2/c1-11(17-19-14-5-2-3-7-16(14)21-17)18-13-6-4-8-15-12(13)9-10-20-15/h2-8,11,18H,9-10H2,1H3. The van der Waals surface area contributed by atoms with Crippen molar-refractivity contribution in [2.45, 2.75) is 19.4 Å². The van der Waals surface area contributed by atoms with E-state index in [2.05, 4.69) is 23.3 Å². The molecule has 0 spiro atoms. The van der Waals surface area contributed by atoms with Gasteiger partial charge >= 0.3 is 0 Å². The summed E-state index contributed by atoms with van der Waals surface area (Å²) in [6, 6.07) is 13.9. The molecule has 4 nitrogen and oxygen atoms in total. The highest BCUT2D eigenvalue weighted by molar-refractivity contribution is 5.72. The van der Waals surface area contributed by atoms with Gasteiger partial charge in [-0.15, -0.1) is 0 Å². The smallest absolute Gasteiger partial charge is 0.217 e. The number of benzene rings is 2. The van der Waals surface area contributed by atoms with Crippen LogP contribution in [0.15, 0.2) is 46.9 Å². The van der Waals surface area contributed by atoms with Crippen LogP contribution in [-0.2, 0) is 6.42 Å². The second-order valence-electron chi connectivity index (χ2n) is 5.27. The molecule has 0 amide bonds. The van der Waals surface area contributed by atoms with E-state index in [4.69, 9.17) is 9.15 Å². The maximum Gasteiger partial charge on any atom is 0.217 e. The first kappa shape index (κ1) is 12.3. The van der Waals surface area contributed by atoms with E-state index < -0.39 is 0 Å². The number of nitrogens with zero attached hydrogens (tertiary/aromatic N) is 1. The van der Waals surface area contributed by atoms with Crippen LogP contribution in [0.4, 0.5) is 5.69 Å². The molecular weight excluding hydrogens is 264 g/mol. The van der Waals surface area contributed by atoms with Crippen molar-refractivity contribution >= 4 is 16.8 Å². The van der Waals surface area contributed by atoms with Gasteiger partial charge in [0.05, 0.1) is 6.61 Å². The van der Waals surface area contributed by atoms with Crippen molar-refractivity contribution in [2.24, 2.45) is 0 Å². The predicted molar refractivity (Wildman–Crippen MR) is 81.7 cm³/mol. The molecular formula is C17H16N2O2. The molecule has 2 aromatic carbocycles. The Balaban J connectivity index is 1.63. The minimum atomic E-state index is 0.00417. The van der Waals surface area contributed by atoms with E-state index in [0.29, 0.717) is 5.89 Å². The van der Waals surface area contributed by atoms with Gasteiger partial charge in [-0.3, -0.25) is 0 Å². The molecule has 1 N–H and O–H groups in total. The summed E-state index contributed by atoms with van der Waals surface area (Å²) < 4.78 is 11.4. The van der Waals surface area contributed by atoms with Crippen LogP contribution in [0.3, 0.4) is 0 Å². The first-order valence-electron chi connectivity index (χ1n) is 7.18. The van der Waals surface area contributed by atoms with Gasteiger partial charge in [-0.2, -0.15) is 0 Å². The fraction of sp³-hybridized carbons (Fsp3) is 0.235. The number of ether oxygens (including phenoxy) is 1. The van der Waals surface area contributed by atoms with Crippen molar-refractivity contribution < 1.29 is 9.15 Å². The van der Waals surface area contributed by atoms with Crippen LogP contribution in [0, 0.1) is 0 Å². The Morgan fingerprint density at radius 2 is 2.05 bits per heavy atom. The van der Waals surface area contributed by atoms with E-state index in [0.717, 1.165) is 35.6 Å². The molecule has 1 aromatic heterocycles. The summed E-state index contributed by atoms with van der Waals surface area (Å²) in [5.74, 6) is 1.68. The topological polar surface area (TPSA) is 47.3 Å². The van der Waals surface area contributed by atoms with E-state index in [-0.39, 0.29) is 6.04 Å². The van der Waals surface area contributed by atoms with Crippen molar-refractivity contribution in [1.29, 1.82) is 0 Å². The van der Waals surface area contributed by atoms with Crippen LogP contribution in [-0.4, -0.2) is 11.6 Å². The minimum Gasteiger partial charge on any atom is -0.493 e. The van der Waals surface area contributed by atoms with Crippen molar-refractivity contribution in [3.05, 3.63) is 53.9 Å². The summed E-state index contributed by atoms with van der Waals surface area (Å²) in [6.45, 7) is 2.81. The van der Waals surface area contributed by atoms with Crippen molar-refractivity contribution in [2.75, 3.05) is 11.9 Å². The lowest BCUT2D eigenvalue weighted by molar-refractivity contribution is 0.357. The molecule has 1 aliphatic heterocycles. The number of anilines is 1. The van der Waals surface area contributed by atoms with Gasteiger partial charge in [0.2, 0.25) is 5.89 Å². The second-order valence-corrected chi connectivity index (χ2v) is 5.27. The molecule has 4 heteroatoms. The van der Waals surface area contributed by atoms with Gasteiger partial charge in [0.25, 0.3) is 0 Å². The maximum atomic E-state index is 5.82. The number of fused-ring (bicyclic) bond motifs is 2. The van der Waals surface area contributed by atoms with Crippen LogP contribution >= 0.6 is 0 Å². The Hall–Kier alpha value is -2.49. The first-order valence-corrected chi connectivity index (χ1v) is 7.18. The summed E-state index contributed by atoms with van der Waals surface area (Å²) in [5, 5.41) is 3.48. The Morgan fingerprint density at radius 3 is 2.95 bits per heavy atom. The number of para-hydroxylation sites is 2. The number of nitrogens with one attached hydrogen (secondary N) is 1. The normalized spacial score (nSPS) is 14.7. The Bertz CT molecular complexity index is 761. The monoisotopic (exact) mass is 280 g/mol. The SMILES string of the molecule is CC(Nc1cccc2c1CCO2)c1nc2ccccc2o1. The molecule has 0 fully saturated rings. The third kappa shape index (κ3) is 2.13. The third-order valence-corrected chi connectivity index (χ3v) is 3.80. The number of hydrogen-bond donors (Lipinski definition) is 1. The van der Waals surface area contributed by atoms with E-state index in [1.54, 1.807) is 0 Å². The lowest BCUT2D eigenvalue weighted by atomic mass is 10.1. The molecule has 1 atom stereocenters. The summed E-state index contributed by atoms with van der Waals surface area (Å²) in [5.41, 5.74) is 4.05. The fourth-order valence-corrected chi connectivity index (χ4v) is 2.73. The largest absolute Gasteiger partial charge is 0.493 e. The molecule has 21 heavy (non-hydrogen) atoms. The number of aromatic nitrogens is 1. The zero-order valence-corrected chi connectivity index (χ0v) is 11.8. The van der Waals surface area contributed by atoms with Crippen molar-refractivity contribution in [1.82, 2.24) is 4.98 Å². The summed E-state index contributed by atoms with van der Waals surface area (Å²) in [4.78, 5) is 4.54. The average molecular weight is 280 g/mol. The molecule has 0 saturated heterocycles. The molecule has 1 aliphatic rings. The van der Waals surface area contributed by atoms with Crippen LogP contribution in [0.5, 0.6) is 5.75 Å². The van der Waals surface area contributed by atoms with E-state index in [1.807, 2.05) is 36.4 Å². The molecule has 2 heterocycles.